The highest BCUT2D eigenvalue weighted by molar-refractivity contribution is 7.92. The molecule has 110 valence electrons. The highest BCUT2D eigenvalue weighted by atomic mass is 32.2. The molecule has 7 nitrogen and oxygen atoms in total. The van der Waals surface area contributed by atoms with Crippen molar-refractivity contribution >= 4 is 38.1 Å². The first kappa shape index (κ1) is 14.0. The molecule has 3 aromatic heterocycles. The molecule has 1 N–H and O–H groups in total. The monoisotopic (exact) mass is 324 g/mol. The zero-order valence-corrected chi connectivity index (χ0v) is 13.0. The lowest BCUT2D eigenvalue weighted by atomic mass is 10.3. The molecule has 21 heavy (non-hydrogen) atoms. The number of rotatable bonds is 4. The predicted molar refractivity (Wildman–Crippen MR) is 79.1 cm³/mol. The minimum Gasteiger partial charge on any atom is -0.364 e. The summed E-state index contributed by atoms with van der Waals surface area (Å²) in [7, 11) is -3.16. The van der Waals surface area contributed by atoms with E-state index < -0.39 is 9.84 Å². The van der Waals surface area contributed by atoms with Crippen LogP contribution in [0.4, 0.5) is 5.82 Å². The summed E-state index contributed by atoms with van der Waals surface area (Å²) < 4.78 is 28.3. The molecule has 3 aromatic rings. The lowest BCUT2D eigenvalue weighted by molar-refractivity contribution is 0.442. The number of nitrogens with one attached hydrogen (secondary N) is 1. The van der Waals surface area contributed by atoms with E-state index in [0.29, 0.717) is 28.0 Å². The lowest BCUT2D eigenvalue weighted by Gasteiger charge is -2.04. The van der Waals surface area contributed by atoms with Crippen molar-refractivity contribution in [1.82, 2.24) is 15.1 Å². The maximum atomic E-state index is 11.5. The summed E-state index contributed by atoms with van der Waals surface area (Å²) in [5.41, 5.74) is 1.13. The van der Waals surface area contributed by atoms with Crippen LogP contribution in [0.3, 0.4) is 0 Å². The van der Waals surface area contributed by atoms with Crippen LogP contribution in [0.15, 0.2) is 27.2 Å². The first-order valence-corrected chi connectivity index (χ1v) is 8.75. The van der Waals surface area contributed by atoms with Gasteiger partial charge in [-0.25, -0.2) is 13.4 Å². The molecule has 0 atom stereocenters. The second kappa shape index (κ2) is 5.08. The summed E-state index contributed by atoms with van der Waals surface area (Å²) >= 11 is 1.24. The Morgan fingerprint density at radius 3 is 2.86 bits per heavy atom. The van der Waals surface area contributed by atoms with Gasteiger partial charge in [-0.05, 0) is 19.1 Å². The third-order valence-corrected chi connectivity index (χ3v) is 5.78. The topological polar surface area (TPSA) is 98.0 Å². The number of hydrogen-bond donors (Lipinski definition) is 1. The van der Waals surface area contributed by atoms with Crippen molar-refractivity contribution in [3.05, 3.63) is 29.0 Å². The molecule has 3 rings (SSSR count). The summed E-state index contributed by atoms with van der Waals surface area (Å²) in [6.45, 7) is 2.28. The van der Waals surface area contributed by atoms with Crippen LogP contribution in [0.5, 0.6) is 0 Å². The number of anilines is 1. The van der Waals surface area contributed by atoms with Gasteiger partial charge in [0.1, 0.15) is 21.7 Å². The summed E-state index contributed by atoms with van der Waals surface area (Å²) in [6, 6.07) is 3.39. The Morgan fingerprint density at radius 1 is 1.33 bits per heavy atom. The number of aromatic nitrogens is 3. The van der Waals surface area contributed by atoms with Crippen LogP contribution in [-0.2, 0) is 16.4 Å². The Morgan fingerprint density at radius 2 is 2.14 bits per heavy atom. The summed E-state index contributed by atoms with van der Waals surface area (Å²) in [5, 5.41) is 7.75. The quantitative estimate of drug-likeness (QED) is 0.783. The van der Waals surface area contributed by atoms with Crippen molar-refractivity contribution in [2.45, 2.75) is 17.7 Å². The van der Waals surface area contributed by atoms with Crippen LogP contribution >= 0.6 is 11.3 Å². The molecule has 0 bridgehead atoms. The number of nitrogens with zero attached hydrogens (tertiary/aromatic N) is 3. The molecule has 0 aromatic carbocycles. The van der Waals surface area contributed by atoms with Crippen molar-refractivity contribution in [3.63, 3.8) is 0 Å². The number of fused-ring (bicyclic) bond motifs is 1. The molecular formula is C12H12N4O3S2. The molecule has 0 aliphatic heterocycles. The van der Waals surface area contributed by atoms with Gasteiger partial charge in [0.2, 0.25) is 0 Å². The first-order valence-electron chi connectivity index (χ1n) is 6.05. The fraction of sp³-hybridized carbons (Fsp3) is 0.250. The zero-order chi connectivity index (χ0) is 15.0. The largest absolute Gasteiger partial charge is 0.364 e. The number of thiophene rings is 1. The third-order valence-electron chi connectivity index (χ3n) is 2.88. The van der Waals surface area contributed by atoms with Gasteiger partial charge in [0.15, 0.2) is 9.84 Å². The van der Waals surface area contributed by atoms with Gasteiger partial charge < -0.3 is 9.84 Å². The van der Waals surface area contributed by atoms with Crippen molar-refractivity contribution < 1.29 is 12.9 Å². The van der Waals surface area contributed by atoms with E-state index in [9.17, 15) is 8.42 Å². The zero-order valence-electron chi connectivity index (χ0n) is 11.3. The molecule has 0 spiro atoms. The molecule has 0 saturated heterocycles. The van der Waals surface area contributed by atoms with E-state index in [1.807, 2.05) is 6.92 Å². The van der Waals surface area contributed by atoms with E-state index in [1.165, 1.54) is 23.9 Å². The van der Waals surface area contributed by atoms with Crippen molar-refractivity contribution in [1.29, 1.82) is 0 Å². The number of aryl methyl sites for hydroxylation is 1. The first-order chi connectivity index (χ1) is 9.95. The summed E-state index contributed by atoms with van der Waals surface area (Å²) in [6.07, 6.45) is 2.59. The Hall–Kier alpha value is -2.00. The van der Waals surface area contributed by atoms with Crippen LogP contribution in [0.25, 0.3) is 11.1 Å². The SMILES string of the molecule is Cc1noc2ncnc(NCc3ccc(S(C)(=O)=O)s3)c12. The number of sulfone groups is 1. The van der Waals surface area contributed by atoms with Crippen molar-refractivity contribution in [2.24, 2.45) is 0 Å². The minimum atomic E-state index is -3.16. The maximum Gasteiger partial charge on any atom is 0.263 e. The Bertz CT molecular complexity index is 898. The van der Waals surface area contributed by atoms with Crippen LogP contribution in [0, 0.1) is 6.92 Å². The van der Waals surface area contributed by atoms with Gasteiger partial charge in [0.05, 0.1) is 12.2 Å². The molecule has 0 aliphatic rings. The summed E-state index contributed by atoms with van der Waals surface area (Å²) in [5.74, 6) is 0.619. The molecule has 0 radical (unpaired) electrons. The van der Waals surface area contributed by atoms with Crippen LogP contribution in [0.1, 0.15) is 10.6 Å². The molecular weight excluding hydrogens is 312 g/mol. The van der Waals surface area contributed by atoms with Crippen LogP contribution in [-0.4, -0.2) is 29.8 Å². The van der Waals surface area contributed by atoms with Gasteiger partial charge in [-0.3, -0.25) is 0 Å². The minimum absolute atomic E-state index is 0.355. The lowest BCUT2D eigenvalue weighted by Crippen LogP contribution is -2.01. The second-order valence-corrected chi connectivity index (χ2v) is 7.93. The molecule has 9 heteroatoms. The molecule has 0 amide bonds. The van der Waals surface area contributed by atoms with Gasteiger partial charge in [0, 0.05) is 11.1 Å². The Labute approximate surface area is 124 Å². The predicted octanol–water partition coefficient (Wildman–Crippen LogP) is 2.00. The normalized spacial score (nSPS) is 11.9. The average Bonchev–Trinajstić information content (AvgIpc) is 3.04. The molecule has 0 unspecified atom stereocenters. The molecule has 0 fully saturated rings. The molecule has 0 aliphatic carbocycles. The highest BCUT2D eigenvalue weighted by Crippen LogP contribution is 2.25. The molecule has 3 heterocycles. The van der Waals surface area contributed by atoms with E-state index in [2.05, 4.69) is 20.4 Å². The maximum absolute atomic E-state index is 11.5. The van der Waals surface area contributed by atoms with Gasteiger partial charge in [-0.15, -0.1) is 11.3 Å². The van der Waals surface area contributed by atoms with E-state index >= 15 is 0 Å². The van der Waals surface area contributed by atoms with Crippen molar-refractivity contribution in [2.75, 3.05) is 11.6 Å². The van der Waals surface area contributed by atoms with Crippen molar-refractivity contribution in [3.8, 4) is 0 Å². The Balaban J connectivity index is 1.84. The van der Waals surface area contributed by atoms with Gasteiger partial charge in [0.25, 0.3) is 5.71 Å². The second-order valence-electron chi connectivity index (χ2n) is 4.52. The smallest absolute Gasteiger partial charge is 0.263 e. The fourth-order valence-corrected chi connectivity index (χ4v) is 3.80. The van der Waals surface area contributed by atoms with Crippen LogP contribution in [0.2, 0.25) is 0 Å². The van der Waals surface area contributed by atoms with Gasteiger partial charge in [-0.2, -0.15) is 4.98 Å². The number of hydrogen-bond acceptors (Lipinski definition) is 8. The van der Waals surface area contributed by atoms with E-state index in [1.54, 1.807) is 12.1 Å². The van der Waals surface area contributed by atoms with E-state index in [4.69, 9.17) is 4.52 Å². The Kier molecular flexibility index (Phi) is 3.38. The fourth-order valence-electron chi connectivity index (χ4n) is 1.88. The van der Waals surface area contributed by atoms with E-state index in [0.717, 1.165) is 10.3 Å². The highest BCUT2D eigenvalue weighted by Gasteiger charge is 2.13. The van der Waals surface area contributed by atoms with Gasteiger partial charge >= 0.3 is 0 Å². The van der Waals surface area contributed by atoms with Crippen LogP contribution < -0.4 is 5.32 Å². The third kappa shape index (κ3) is 2.74. The average molecular weight is 324 g/mol. The van der Waals surface area contributed by atoms with Gasteiger partial charge in [-0.1, -0.05) is 5.16 Å². The summed E-state index contributed by atoms with van der Waals surface area (Å²) in [4.78, 5) is 9.07. The van der Waals surface area contributed by atoms with E-state index in [-0.39, 0.29) is 0 Å². The standard InChI is InChI=1S/C12H12N4O3S2/c1-7-10-11(14-6-15-12(10)19-16-7)13-5-8-3-4-9(20-8)21(2,17)18/h3-4,6H,5H2,1-2H3,(H,13,14,15). The molecule has 0 saturated carbocycles.